The number of hydrogen-bond donors (Lipinski definition) is 1. The fourth-order valence-corrected chi connectivity index (χ4v) is 3.02. The number of hydrogen-bond acceptors (Lipinski definition) is 5. The lowest BCUT2D eigenvalue weighted by molar-refractivity contribution is -0.123. The number of esters is 1. The van der Waals surface area contributed by atoms with Gasteiger partial charge in [-0.05, 0) is 49.3 Å². The van der Waals surface area contributed by atoms with E-state index in [0.717, 1.165) is 17.7 Å². The molecule has 2 rings (SSSR count). The number of thioether (sulfide) groups is 1. The van der Waals surface area contributed by atoms with Crippen LogP contribution in [0.1, 0.15) is 49.0 Å². The van der Waals surface area contributed by atoms with Gasteiger partial charge in [0, 0.05) is 11.9 Å². The number of carbonyl (C=O) groups is 2. The zero-order chi connectivity index (χ0) is 19.1. The molecule has 1 N–H and O–H groups in total. The summed E-state index contributed by atoms with van der Waals surface area (Å²) in [6, 6.07) is 11.0. The zero-order valence-electron chi connectivity index (χ0n) is 15.5. The molecule has 0 aliphatic carbocycles. The van der Waals surface area contributed by atoms with Crippen molar-refractivity contribution in [3.8, 4) is 0 Å². The minimum Gasteiger partial charge on any atom is -0.449 e. The summed E-state index contributed by atoms with van der Waals surface area (Å²) >= 11 is 1.36. The molecule has 6 heteroatoms. The van der Waals surface area contributed by atoms with Gasteiger partial charge in [-0.1, -0.05) is 32.0 Å². The summed E-state index contributed by atoms with van der Waals surface area (Å²) in [7, 11) is 0. The van der Waals surface area contributed by atoms with Crippen LogP contribution in [0.3, 0.4) is 0 Å². The van der Waals surface area contributed by atoms with E-state index in [-0.39, 0.29) is 5.91 Å². The fraction of sp³-hybridized carbons (Fsp3) is 0.350. The van der Waals surface area contributed by atoms with Gasteiger partial charge < -0.3 is 10.1 Å². The number of anilines is 1. The quantitative estimate of drug-likeness (QED) is 0.572. The molecule has 0 saturated heterocycles. The number of aromatic nitrogens is 1. The molecule has 2 atom stereocenters. The van der Waals surface area contributed by atoms with Crippen LogP contribution in [0.4, 0.5) is 5.69 Å². The molecule has 1 aromatic heterocycles. The van der Waals surface area contributed by atoms with Crippen molar-refractivity contribution in [3.05, 3.63) is 53.7 Å². The van der Waals surface area contributed by atoms with Gasteiger partial charge in [0.05, 0.1) is 5.56 Å². The molecular weight excluding hydrogens is 348 g/mol. The highest BCUT2D eigenvalue weighted by atomic mass is 32.2. The number of rotatable bonds is 7. The molecule has 0 aliphatic rings. The third kappa shape index (κ3) is 4.85. The number of carbonyl (C=O) groups excluding carboxylic acids is 2. The summed E-state index contributed by atoms with van der Waals surface area (Å²) < 4.78 is 5.34. The monoisotopic (exact) mass is 372 g/mol. The van der Waals surface area contributed by atoms with Gasteiger partial charge in [0.25, 0.3) is 5.91 Å². The number of amides is 1. The molecule has 2 aromatic rings. The highest BCUT2D eigenvalue weighted by Gasteiger charge is 2.22. The minimum absolute atomic E-state index is 0.323. The largest absolute Gasteiger partial charge is 0.449 e. The van der Waals surface area contributed by atoms with E-state index in [0.29, 0.717) is 16.5 Å². The van der Waals surface area contributed by atoms with E-state index in [9.17, 15) is 9.59 Å². The maximum atomic E-state index is 12.5. The van der Waals surface area contributed by atoms with Crippen molar-refractivity contribution in [3.63, 3.8) is 0 Å². The summed E-state index contributed by atoms with van der Waals surface area (Å²) in [6.07, 6.45) is 3.50. The van der Waals surface area contributed by atoms with Crippen LogP contribution in [0, 0.1) is 0 Å². The number of nitrogens with one attached hydrogen (secondary N) is 1. The Labute approximate surface area is 158 Å². The van der Waals surface area contributed by atoms with Gasteiger partial charge in [-0.3, -0.25) is 4.79 Å². The van der Waals surface area contributed by atoms with E-state index in [2.05, 4.69) is 24.1 Å². The Balaban J connectivity index is 2.08. The smallest absolute Gasteiger partial charge is 0.341 e. The average molecular weight is 372 g/mol. The zero-order valence-corrected chi connectivity index (χ0v) is 16.3. The summed E-state index contributed by atoms with van der Waals surface area (Å²) in [5.41, 5.74) is 2.18. The summed E-state index contributed by atoms with van der Waals surface area (Å²) in [4.78, 5) is 29.0. The maximum Gasteiger partial charge on any atom is 0.341 e. The topological polar surface area (TPSA) is 68.3 Å². The Hall–Kier alpha value is -2.34. The van der Waals surface area contributed by atoms with Crippen molar-refractivity contribution in [2.45, 2.75) is 44.2 Å². The van der Waals surface area contributed by atoms with Crippen molar-refractivity contribution in [2.75, 3.05) is 11.6 Å². The van der Waals surface area contributed by atoms with Gasteiger partial charge >= 0.3 is 5.97 Å². The molecule has 0 unspecified atom stereocenters. The second-order valence-corrected chi connectivity index (χ2v) is 6.79. The van der Waals surface area contributed by atoms with E-state index in [1.165, 1.54) is 11.8 Å². The molecule has 1 heterocycles. The van der Waals surface area contributed by atoms with E-state index >= 15 is 0 Å². The number of pyridine rings is 1. The highest BCUT2D eigenvalue weighted by molar-refractivity contribution is 7.98. The summed E-state index contributed by atoms with van der Waals surface area (Å²) in [6.45, 7) is 5.78. The molecule has 0 radical (unpaired) electrons. The van der Waals surface area contributed by atoms with Crippen molar-refractivity contribution < 1.29 is 14.3 Å². The second kappa shape index (κ2) is 9.38. The molecule has 138 valence electrons. The third-order valence-electron chi connectivity index (χ3n) is 4.20. The minimum atomic E-state index is -0.914. The highest BCUT2D eigenvalue weighted by Crippen LogP contribution is 2.26. The van der Waals surface area contributed by atoms with E-state index in [1.807, 2.05) is 30.5 Å². The lowest BCUT2D eigenvalue weighted by Gasteiger charge is -2.18. The standard InChI is InChI=1S/C20H24N2O3S/c1-5-13(2)15-9-6-7-11-17(15)22-18(23)14(3)25-20(24)16-10-8-12-21-19(16)26-4/h6-14H,5H2,1-4H3,(H,22,23)/t13-,14-/m1/s1. The first-order valence-electron chi connectivity index (χ1n) is 8.57. The van der Waals surface area contributed by atoms with Crippen LogP contribution in [0.15, 0.2) is 47.6 Å². The molecular formula is C20H24N2O3S. The molecule has 0 bridgehead atoms. The predicted octanol–water partition coefficient (Wildman–Crippen LogP) is 4.50. The second-order valence-electron chi connectivity index (χ2n) is 5.99. The first-order valence-corrected chi connectivity index (χ1v) is 9.80. The first kappa shape index (κ1) is 20.0. The Morgan fingerprint density at radius 2 is 1.92 bits per heavy atom. The van der Waals surface area contributed by atoms with Gasteiger partial charge in [0.15, 0.2) is 6.10 Å². The molecule has 0 spiro atoms. The molecule has 0 aliphatic heterocycles. The summed E-state index contributed by atoms with van der Waals surface area (Å²) in [5.74, 6) is -0.590. The SMILES string of the molecule is CC[C@@H](C)c1ccccc1NC(=O)[C@@H](C)OC(=O)c1cccnc1SC. The number of benzene rings is 1. The molecule has 1 aromatic carbocycles. The predicted molar refractivity (Wildman–Crippen MR) is 105 cm³/mol. The Kier molecular flexibility index (Phi) is 7.21. The van der Waals surface area contributed by atoms with Gasteiger partial charge in [-0.25, -0.2) is 9.78 Å². The molecule has 5 nitrogen and oxygen atoms in total. The van der Waals surface area contributed by atoms with E-state index in [1.54, 1.807) is 25.3 Å². The van der Waals surface area contributed by atoms with Crippen LogP contribution < -0.4 is 5.32 Å². The van der Waals surface area contributed by atoms with E-state index in [4.69, 9.17) is 4.74 Å². The van der Waals surface area contributed by atoms with Crippen molar-refractivity contribution in [2.24, 2.45) is 0 Å². The van der Waals surface area contributed by atoms with Crippen LogP contribution in [0.25, 0.3) is 0 Å². The van der Waals surface area contributed by atoms with Gasteiger partial charge in [0.1, 0.15) is 5.03 Å². The van der Waals surface area contributed by atoms with Crippen LogP contribution >= 0.6 is 11.8 Å². The molecule has 0 saturated carbocycles. The lowest BCUT2D eigenvalue weighted by atomic mass is 9.97. The van der Waals surface area contributed by atoms with Gasteiger partial charge in [0.2, 0.25) is 0 Å². The fourth-order valence-electron chi connectivity index (χ4n) is 2.48. The number of para-hydroxylation sites is 1. The van der Waals surface area contributed by atoms with Crippen LogP contribution in [-0.4, -0.2) is 29.2 Å². The number of ether oxygens (including phenoxy) is 1. The maximum absolute atomic E-state index is 12.5. The van der Waals surface area contributed by atoms with Crippen molar-refractivity contribution in [1.29, 1.82) is 0 Å². The number of nitrogens with zero attached hydrogens (tertiary/aromatic N) is 1. The van der Waals surface area contributed by atoms with Crippen LogP contribution in [0.5, 0.6) is 0 Å². The van der Waals surface area contributed by atoms with Crippen molar-refractivity contribution in [1.82, 2.24) is 4.98 Å². The molecule has 0 fully saturated rings. The first-order chi connectivity index (χ1) is 12.5. The summed E-state index contributed by atoms with van der Waals surface area (Å²) in [5, 5.41) is 3.45. The van der Waals surface area contributed by atoms with E-state index < -0.39 is 12.1 Å². The normalized spacial score (nSPS) is 12.9. The van der Waals surface area contributed by atoms with Crippen LogP contribution in [-0.2, 0) is 9.53 Å². The van der Waals surface area contributed by atoms with Crippen LogP contribution in [0.2, 0.25) is 0 Å². The average Bonchev–Trinajstić information content (AvgIpc) is 2.67. The Morgan fingerprint density at radius 3 is 2.62 bits per heavy atom. The van der Waals surface area contributed by atoms with Gasteiger partial charge in [-0.15, -0.1) is 11.8 Å². The molecule has 1 amide bonds. The third-order valence-corrected chi connectivity index (χ3v) is 4.91. The van der Waals surface area contributed by atoms with Crippen molar-refractivity contribution >= 4 is 29.3 Å². The lowest BCUT2D eigenvalue weighted by Crippen LogP contribution is -2.30. The van der Waals surface area contributed by atoms with Gasteiger partial charge in [-0.2, -0.15) is 0 Å². The Bertz CT molecular complexity index is 779. The Morgan fingerprint density at radius 1 is 1.19 bits per heavy atom. The molecule has 26 heavy (non-hydrogen) atoms.